The van der Waals surface area contributed by atoms with Crippen molar-refractivity contribution in [1.29, 1.82) is 0 Å². The van der Waals surface area contributed by atoms with Gasteiger partial charge >= 0.3 is 6.03 Å². The van der Waals surface area contributed by atoms with E-state index in [-0.39, 0.29) is 0 Å². The number of amides is 2. The Morgan fingerprint density at radius 2 is 1.94 bits per heavy atom. The van der Waals surface area contributed by atoms with Gasteiger partial charge in [0.1, 0.15) is 0 Å². The predicted molar refractivity (Wildman–Crippen MR) is 71.2 cm³/mol. The second-order valence-electron chi connectivity index (χ2n) is 3.01. The number of hydrogen-bond donors (Lipinski definition) is 2. The summed E-state index contributed by atoms with van der Waals surface area (Å²) in [7, 11) is 0. The Morgan fingerprint density at radius 1 is 1.24 bits per heavy atom. The van der Waals surface area contributed by atoms with Crippen LogP contribution in [0.1, 0.15) is 0 Å². The summed E-state index contributed by atoms with van der Waals surface area (Å²) in [5, 5.41) is 8.16. The normalized spacial score (nSPS) is 10.0. The van der Waals surface area contributed by atoms with E-state index in [0.717, 1.165) is 0 Å². The lowest BCUT2D eigenvalue weighted by Crippen LogP contribution is -2.19. The van der Waals surface area contributed by atoms with Crippen LogP contribution >= 0.6 is 34.5 Å². The van der Waals surface area contributed by atoms with Gasteiger partial charge in [-0.1, -0.05) is 29.3 Å². The Balaban J connectivity index is 2.08. The molecule has 7 heteroatoms. The largest absolute Gasteiger partial charge is 0.325 e. The number of halogens is 2. The molecule has 0 bridgehead atoms. The lowest BCUT2D eigenvalue weighted by molar-refractivity contribution is 0.262. The number of thiazole rings is 1. The van der Waals surface area contributed by atoms with Gasteiger partial charge in [-0.05, 0) is 12.1 Å². The fourth-order valence-corrected chi connectivity index (χ4v) is 2.16. The standard InChI is InChI=1S/C10H7Cl2N3OS/c11-6-2-1-3-7(12)8(6)14-9(16)15-10-13-4-5-17-10/h1-5H,(H2,13,14,15,16). The molecule has 1 heterocycles. The molecular weight excluding hydrogens is 281 g/mol. The smallest absolute Gasteiger partial charge is 0.305 e. The van der Waals surface area contributed by atoms with Gasteiger partial charge in [-0.2, -0.15) is 0 Å². The molecule has 2 aromatic rings. The number of benzene rings is 1. The summed E-state index contributed by atoms with van der Waals surface area (Å²) in [6, 6.07) is 4.56. The monoisotopic (exact) mass is 287 g/mol. The molecule has 1 aromatic carbocycles. The lowest BCUT2D eigenvalue weighted by atomic mass is 10.3. The van der Waals surface area contributed by atoms with Gasteiger partial charge in [0.2, 0.25) is 0 Å². The quantitative estimate of drug-likeness (QED) is 0.874. The average Bonchev–Trinajstić information content (AvgIpc) is 2.76. The van der Waals surface area contributed by atoms with Crippen molar-refractivity contribution in [3.8, 4) is 0 Å². The molecule has 0 aliphatic rings. The SMILES string of the molecule is O=C(Nc1nccs1)Nc1c(Cl)cccc1Cl. The van der Waals surface area contributed by atoms with E-state index in [1.165, 1.54) is 11.3 Å². The fraction of sp³-hybridized carbons (Fsp3) is 0. The van der Waals surface area contributed by atoms with Gasteiger partial charge in [-0.15, -0.1) is 11.3 Å². The molecule has 0 fully saturated rings. The van der Waals surface area contributed by atoms with Crippen LogP contribution in [0.2, 0.25) is 10.0 Å². The Morgan fingerprint density at radius 3 is 2.53 bits per heavy atom. The van der Waals surface area contributed by atoms with Gasteiger partial charge < -0.3 is 5.32 Å². The van der Waals surface area contributed by atoms with Crippen molar-refractivity contribution in [1.82, 2.24) is 4.98 Å². The van der Waals surface area contributed by atoms with Crippen molar-refractivity contribution in [2.75, 3.05) is 10.6 Å². The maximum Gasteiger partial charge on any atom is 0.325 e. The van der Waals surface area contributed by atoms with Crippen molar-refractivity contribution in [2.45, 2.75) is 0 Å². The molecule has 0 aliphatic heterocycles. The molecule has 0 saturated carbocycles. The minimum Gasteiger partial charge on any atom is -0.305 e. The van der Waals surface area contributed by atoms with E-state index in [1.54, 1.807) is 29.8 Å². The molecule has 2 amide bonds. The Hall–Kier alpha value is -1.30. The van der Waals surface area contributed by atoms with Crippen molar-refractivity contribution in [3.63, 3.8) is 0 Å². The zero-order valence-corrected chi connectivity index (χ0v) is 10.7. The molecule has 0 unspecified atom stereocenters. The third-order valence-electron chi connectivity index (χ3n) is 1.85. The molecule has 1 aromatic heterocycles. The molecule has 2 rings (SSSR count). The van der Waals surface area contributed by atoms with Crippen LogP contribution in [0.5, 0.6) is 0 Å². The number of carbonyl (C=O) groups excluding carboxylic acids is 1. The number of rotatable bonds is 2. The first-order chi connectivity index (χ1) is 8.16. The number of nitrogens with zero attached hydrogens (tertiary/aromatic N) is 1. The van der Waals surface area contributed by atoms with Crippen molar-refractivity contribution in [3.05, 3.63) is 39.8 Å². The van der Waals surface area contributed by atoms with E-state index in [9.17, 15) is 4.79 Å². The predicted octanol–water partition coefficient (Wildman–Crippen LogP) is 4.09. The third kappa shape index (κ3) is 3.09. The summed E-state index contributed by atoms with van der Waals surface area (Å²) in [5.74, 6) is 0. The number of para-hydroxylation sites is 1. The van der Waals surface area contributed by atoms with Crippen LogP contribution in [0, 0.1) is 0 Å². The van der Waals surface area contributed by atoms with Crippen molar-refractivity contribution >= 4 is 51.4 Å². The molecule has 4 nitrogen and oxygen atoms in total. The highest BCUT2D eigenvalue weighted by molar-refractivity contribution is 7.13. The highest BCUT2D eigenvalue weighted by Gasteiger charge is 2.10. The van der Waals surface area contributed by atoms with Gasteiger partial charge in [0.15, 0.2) is 5.13 Å². The van der Waals surface area contributed by atoms with Crippen LogP contribution in [0.25, 0.3) is 0 Å². The molecule has 0 saturated heterocycles. The average molecular weight is 288 g/mol. The first-order valence-corrected chi connectivity index (χ1v) is 6.22. The molecule has 0 atom stereocenters. The van der Waals surface area contributed by atoms with Crippen LogP contribution in [-0.4, -0.2) is 11.0 Å². The summed E-state index contributed by atoms with van der Waals surface area (Å²) < 4.78 is 0. The zero-order valence-electron chi connectivity index (χ0n) is 8.41. The molecule has 0 spiro atoms. The van der Waals surface area contributed by atoms with E-state index in [4.69, 9.17) is 23.2 Å². The first-order valence-electron chi connectivity index (χ1n) is 4.58. The zero-order chi connectivity index (χ0) is 12.3. The highest BCUT2D eigenvalue weighted by Crippen LogP contribution is 2.29. The molecule has 0 aliphatic carbocycles. The summed E-state index contributed by atoms with van der Waals surface area (Å²) in [4.78, 5) is 15.5. The number of hydrogen-bond acceptors (Lipinski definition) is 3. The van der Waals surface area contributed by atoms with Gasteiger partial charge in [-0.3, -0.25) is 5.32 Å². The number of aromatic nitrogens is 1. The highest BCUT2D eigenvalue weighted by atomic mass is 35.5. The van der Waals surface area contributed by atoms with E-state index in [2.05, 4.69) is 15.6 Å². The van der Waals surface area contributed by atoms with Gasteiger partial charge in [0.25, 0.3) is 0 Å². The Labute approximate surface area is 112 Å². The third-order valence-corrected chi connectivity index (χ3v) is 3.17. The van der Waals surface area contributed by atoms with Crippen LogP contribution in [0.15, 0.2) is 29.8 Å². The van der Waals surface area contributed by atoms with Crippen molar-refractivity contribution < 1.29 is 4.79 Å². The molecule has 0 radical (unpaired) electrons. The second-order valence-corrected chi connectivity index (χ2v) is 4.72. The van der Waals surface area contributed by atoms with Gasteiger partial charge in [0, 0.05) is 11.6 Å². The minimum absolute atomic E-state index is 0.380. The van der Waals surface area contributed by atoms with Gasteiger partial charge in [0.05, 0.1) is 15.7 Å². The van der Waals surface area contributed by atoms with E-state index < -0.39 is 6.03 Å². The molecule has 2 N–H and O–H groups in total. The number of carbonyl (C=O) groups is 1. The van der Waals surface area contributed by atoms with Crippen molar-refractivity contribution in [2.24, 2.45) is 0 Å². The maximum absolute atomic E-state index is 11.6. The van der Waals surface area contributed by atoms with E-state index in [1.807, 2.05) is 0 Å². The summed E-state index contributed by atoms with van der Waals surface area (Å²) >= 11 is 13.2. The Kier molecular flexibility index (Phi) is 3.83. The van der Waals surface area contributed by atoms with Gasteiger partial charge in [-0.25, -0.2) is 9.78 Å². The summed E-state index contributed by atoms with van der Waals surface area (Å²) in [5.41, 5.74) is 0.380. The minimum atomic E-state index is -0.435. The maximum atomic E-state index is 11.6. The van der Waals surface area contributed by atoms with E-state index in [0.29, 0.717) is 20.9 Å². The number of urea groups is 1. The summed E-state index contributed by atoms with van der Waals surface area (Å²) in [6.45, 7) is 0. The fourth-order valence-electron chi connectivity index (χ4n) is 1.14. The molecular formula is C10H7Cl2N3OS. The van der Waals surface area contributed by atoms with Crippen LogP contribution in [0.4, 0.5) is 15.6 Å². The molecule has 88 valence electrons. The second kappa shape index (κ2) is 5.35. The topological polar surface area (TPSA) is 54.0 Å². The summed E-state index contributed by atoms with van der Waals surface area (Å²) in [6.07, 6.45) is 1.60. The first kappa shape index (κ1) is 12.2. The lowest BCUT2D eigenvalue weighted by Gasteiger charge is -2.08. The number of anilines is 2. The van der Waals surface area contributed by atoms with Crippen LogP contribution in [0.3, 0.4) is 0 Å². The van der Waals surface area contributed by atoms with E-state index >= 15 is 0 Å². The van der Waals surface area contributed by atoms with Crippen LogP contribution in [-0.2, 0) is 0 Å². The van der Waals surface area contributed by atoms with Crippen LogP contribution < -0.4 is 10.6 Å². The Bertz CT molecular complexity index is 510. The molecule has 17 heavy (non-hydrogen) atoms. The number of nitrogens with one attached hydrogen (secondary N) is 2.